The maximum absolute atomic E-state index is 14.7. The number of furan rings is 1. The highest BCUT2D eigenvalue weighted by atomic mass is 32.2. The van der Waals surface area contributed by atoms with Gasteiger partial charge in [0.15, 0.2) is 0 Å². The number of carbonyl (C=O) groups excluding carboxylic acids is 1. The van der Waals surface area contributed by atoms with Crippen molar-refractivity contribution in [3.8, 4) is 28.3 Å². The third-order valence-electron chi connectivity index (χ3n) is 7.39. The molecule has 0 atom stereocenters. The fraction of sp³-hybridized carbons (Fsp3) is 0.125. The Morgan fingerprint density at radius 2 is 1.74 bits per heavy atom. The van der Waals surface area contributed by atoms with Crippen molar-refractivity contribution < 1.29 is 26.4 Å². The van der Waals surface area contributed by atoms with Gasteiger partial charge in [0.2, 0.25) is 10.0 Å². The Morgan fingerprint density at radius 3 is 2.42 bits per heavy atom. The Morgan fingerprint density at radius 1 is 1.00 bits per heavy atom. The molecule has 0 aliphatic rings. The molecule has 3 aromatic carbocycles. The molecule has 6 aromatic rings. The van der Waals surface area contributed by atoms with Crippen molar-refractivity contribution in [2.45, 2.75) is 6.92 Å². The number of aromatic nitrogens is 2. The Balaban J connectivity index is 1.64. The summed E-state index contributed by atoms with van der Waals surface area (Å²) in [4.78, 5) is 18.0. The van der Waals surface area contributed by atoms with Gasteiger partial charge < -0.3 is 9.73 Å². The Bertz CT molecular complexity index is 2170. The van der Waals surface area contributed by atoms with E-state index in [0.29, 0.717) is 44.6 Å². The molecule has 0 aliphatic carbocycles. The summed E-state index contributed by atoms with van der Waals surface area (Å²) >= 11 is 0. The van der Waals surface area contributed by atoms with Crippen molar-refractivity contribution >= 4 is 43.6 Å². The third kappa shape index (κ3) is 4.91. The molecule has 43 heavy (non-hydrogen) atoms. The maximum Gasteiger partial charge on any atom is 0.255 e. The Labute approximate surface area is 246 Å². The Hall–Kier alpha value is -5.03. The molecule has 6 rings (SSSR count). The highest BCUT2D eigenvalue weighted by Gasteiger charge is 2.26. The second-order valence-electron chi connectivity index (χ2n) is 10.2. The van der Waals surface area contributed by atoms with E-state index in [1.807, 2.05) is 31.2 Å². The van der Waals surface area contributed by atoms with Crippen LogP contribution in [-0.2, 0) is 10.0 Å². The number of rotatable bonds is 6. The van der Waals surface area contributed by atoms with Crippen molar-refractivity contribution in [1.82, 2.24) is 14.9 Å². The summed E-state index contributed by atoms with van der Waals surface area (Å²) in [5.41, 5.74) is 3.81. The lowest BCUT2D eigenvalue weighted by Crippen LogP contribution is -2.25. The molecule has 0 unspecified atom stereocenters. The Kier molecular flexibility index (Phi) is 6.77. The second-order valence-corrected chi connectivity index (χ2v) is 12.3. The van der Waals surface area contributed by atoms with Crippen LogP contribution in [0.2, 0.25) is 0 Å². The minimum Gasteiger partial charge on any atom is -0.455 e. The van der Waals surface area contributed by atoms with Crippen LogP contribution in [0.1, 0.15) is 15.9 Å². The van der Waals surface area contributed by atoms with Gasteiger partial charge in [-0.15, -0.1) is 0 Å². The largest absolute Gasteiger partial charge is 0.455 e. The number of carbonyl (C=O) groups is 1. The molecule has 0 radical (unpaired) electrons. The van der Waals surface area contributed by atoms with Gasteiger partial charge >= 0.3 is 0 Å². The van der Waals surface area contributed by atoms with Crippen LogP contribution in [-0.4, -0.2) is 44.2 Å². The van der Waals surface area contributed by atoms with E-state index >= 15 is 0 Å². The molecule has 11 heteroatoms. The summed E-state index contributed by atoms with van der Waals surface area (Å²) in [6.45, 7) is 1.95. The minimum atomic E-state index is -3.73. The summed E-state index contributed by atoms with van der Waals surface area (Å²) < 4.78 is 62.7. The van der Waals surface area contributed by atoms with Crippen LogP contribution < -0.4 is 9.62 Å². The number of nitrogens with one attached hydrogen (secondary N) is 1. The SMILES string of the molecule is CNC(=O)c1c(-c2ccc(C)cc2)oc2cc(N(C)S(C)(=O)=O)c(-c3ccc4ccn(-c5ccc(F)cc5F)c4n3)cc12. The number of nitrogens with zero attached hydrogens (tertiary/aromatic N) is 3. The molecule has 0 fully saturated rings. The lowest BCUT2D eigenvalue weighted by atomic mass is 10.0. The summed E-state index contributed by atoms with van der Waals surface area (Å²) in [5.74, 6) is -1.51. The van der Waals surface area contributed by atoms with E-state index in [1.165, 1.54) is 24.7 Å². The third-order valence-corrected chi connectivity index (χ3v) is 8.58. The number of aryl methyl sites for hydroxylation is 1. The lowest BCUT2D eigenvalue weighted by Gasteiger charge is -2.20. The molecular formula is C32H26F2N4O4S. The standard InChI is InChI=1S/C32H26F2N4O4S/c1-18-5-7-19(8-6-18)30-29(32(39)35-2)23-16-22(27(17-28(23)42-30)37(3)43(4,40)41)25-11-9-20-13-14-38(31(20)36-25)26-12-10-21(33)15-24(26)34/h5-17H,1-4H3,(H,35,39). The van der Waals surface area contributed by atoms with Crippen molar-refractivity contribution in [1.29, 1.82) is 0 Å². The number of hydrogen-bond acceptors (Lipinski definition) is 5. The van der Waals surface area contributed by atoms with E-state index in [-0.39, 0.29) is 22.8 Å². The van der Waals surface area contributed by atoms with Crippen LogP contribution >= 0.6 is 0 Å². The van der Waals surface area contributed by atoms with E-state index in [2.05, 4.69) is 5.32 Å². The smallest absolute Gasteiger partial charge is 0.255 e. The van der Waals surface area contributed by atoms with Crippen molar-refractivity contribution in [2.75, 3.05) is 24.7 Å². The normalized spacial score (nSPS) is 11.8. The number of fused-ring (bicyclic) bond motifs is 2. The van der Waals surface area contributed by atoms with Gasteiger partial charge in [-0.05, 0) is 43.3 Å². The summed E-state index contributed by atoms with van der Waals surface area (Å²) in [7, 11) is -0.800. The number of sulfonamides is 1. The number of amides is 1. The van der Waals surface area contributed by atoms with Gasteiger partial charge in [-0.1, -0.05) is 29.8 Å². The van der Waals surface area contributed by atoms with E-state index in [4.69, 9.17) is 9.40 Å². The number of benzene rings is 3. The van der Waals surface area contributed by atoms with E-state index in [1.54, 1.807) is 36.5 Å². The van der Waals surface area contributed by atoms with Gasteiger partial charge in [0.05, 0.1) is 28.9 Å². The van der Waals surface area contributed by atoms with Gasteiger partial charge in [-0.2, -0.15) is 0 Å². The van der Waals surface area contributed by atoms with Crippen molar-refractivity contribution in [2.24, 2.45) is 0 Å². The number of hydrogen-bond donors (Lipinski definition) is 1. The van der Waals surface area contributed by atoms with Crippen LogP contribution in [0.4, 0.5) is 14.5 Å². The number of halogens is 2. The topological polar surface area (TPSA) is 97.4 Å². The van der Waals surface area contributed by atoms with Crippen molar-refractivity contribution in [3.63, 3.8) is 0 Å². The van der Waals surface area contributed by atoms with E-state index < -0.39 is 21.7 Å². The quantitative estimate of drug-likeness (QED) is 0.237. The van der Waals surface area contributed by atoms with Gasteiger partial charge in [0.1, 0.15) is 28.6 Å². The molecule has 218 valence electrons. The molecule has 1 N–H and O–H groups in total. The summed E-state index contributed by atoms with van der Waals surface area (Å²) in [6, 6.07) is 19.3. The van der Waals surface area contributed by atoms with Crippen LogP contribution in [0, 0.1) is 18.6 Å². The van der Waals surface area contributed by atoms with Gasteiger partial charge in [-0.3, -0.25) is 13.7 Å². The fourth-order valence-electron chi connectivity index (χ4n) is 5.06. The minimum absolute atomic E-state index is 0.101. The molecule has 0 spiro atoms. The van der Waals surface area contributed by atoms with Crippen molar-refractivity contribution in [3.05, 3.63) is 102 Å². The van der Waals surface area contributed by atoms with E-state index in [0.717, 1.165) is 28.3 Å². The van der Waals surface area contributed by atoms with Gasteiger partial charge in [0, 0.05) is 54.3 Å². The van der Waals surface area contributed by atoms with Gasteiger partial charge in [-0.25, -0.2) is 22.2 Å². The predicted molar refractivity (Wildman–Crippen MR) is 163 cm³/mol. The van der Waals surface area contributed by atoms with Crippen LogP contribution in [0.5, 0.6) is 0 Å². The maximum atomic E-state index is 14.7. The zero-order chi connectivity index (χ0) is 30.6. The second kappa shape index (κ2) is 10.4. The summed E-state index contributed by atoms with van der Waals surface area (Å²) in [5, 5.41) is 3.81. The molecule has 0 bridgehead atoms. The van der Waals surface area contributed by atoms with Gasteiger partial charge in [0.25, 0.3) is 5.91 Å². The average Bonchev–Trinajstić information content (AvgIpc) is 3.56. The fourth-order valence-corrected chi connectivity index (χ4v) is 5.57. The average molecular weight is 601 g/mol. The lowest BCUT2D eigenvalue weighted by molar-refractivity contribution is 0.0964. The number of anilines is 1. The summed E-state index contributed by atoms with van der Waals surface area (Å²) in [6.07, 6.45) is 2.70. The molecule has 0 aliphatic heterocycles. The zero-order valence-electron chi connectivity index (χ0n) is 23.6. The monoisotopic (exact) mass is 600 g/mol. The first-order valence-corrected chi connectivity index (χ1v) is 15.1. The first kappa shape index (κ1) is 28.1. The highest BCUT2D eigenvalue weighted by Crippen LogP contribution is 2.41. The number of pyridine rings is 1. The highest BCUT2D eigenvalue weighted by molar-refractivity contribution is 7.92. The van der Waals surface area contributed by atoms with Crippen LogP contribution in [0.25, 0.3) is 50.3 Å². The molecular weight excluding hydrogens is 574 g/mol. The molecule has 0 saturated heterocycles. The first-order valence-electron chi connectivity index (χ1n) is 13.2. The first-order chi connectivity index (χ1) is 20.5. The molecule has 8 nitrogen and oxygen atoms in total. The van der Waals surface area contributed by atoms with E-state index in [9.17, 15) is 22.0 Å². The molecule has 3 aromatic heterocycles. The molecule has 1 amide bonds. The van der Waals surface area contributed by atoms with Crippen LogP contribution in [0.15, 0.2) is 83.4 Å². The predicted octanol–water partition coefficient (Wildman–Crippen LogP) is 6.45. The molecule has 3 heterocycles. The zero-order valence-corrected chi connectivity index (χ0v) is 24.5. The molecule has 0 saturated carbocycles. The van der Waals surface area contributed by atoms with Crippen LogP contribution in [0.3, 0.4) is 0 Å².